The molecule has 2 rings (SSSR count). The van der Waals surface area contributed by atoms with Crippen molar-refractivity contribution < 1.29 is 19.8 Å². The van der Waals surface area contributed by atoms with Crippen LogP contribution in [0.2, 0.25) is 0 Å². The van der Waals surface area contributed by atoms with Gasteiger partial charge in [-0.15, -0.1) is 0 Å². The van der Waals surface area contributed by atoms with E-state index in [4.69, 9.17) is 5.11 Å². The minimum absolute atomic E-state index is 0.101. The fourth-order valence-electron chi connectivity index (χ4n) is 2.11. The van der Waals surface area contributed by atoms with E-state index in [-0.39, 0.29) is 12.4 Å². The summed E-state index contributed by atoms with van der Waals surface area (Å²) in [6.45, 7) is 1.57. The van der Waals surface area contributed by atoms with Gasteiger partial charge >= 0.3 is 11.8 Å². The molecule has 0 spiro atoms. The van der Waals surface area contributed by atoms with Gasteiger partial charge in [0.1, 0.15) is 5.75 Å². The Labute approximate surface area is 127 Å². The highest BCUT2D eigenvalue weighted by atomic mass is 16.3. The number of rotatable bonds is 4. The molecule has 0 aromatic heterocycles. The van der Waals surface area contributed by atoms with Gasteiger partial charge in [0, 0.05) is 16.5 Å². The molecular formula is C16H18N2O4. The van der Waals surface area contributed by atoms with E-state index in [1.165, 1.54) is 0 Å². The molecule has 4 N–H and O–H groups in total. The number of fused-ring (bicyclic) bond motifs is 1. The first-order chi connectivity index (χ1) is 10.6. The van der Waals surface area contributed by atoms with Crippen molar-refractivity contribution in [1.29, 1.82) is 0 Å². The summed E-state index contributed by atoms with van der Waals surface area (Å²) in [6.07, 6.45) is 0.525. The van der Waals surface area contributed by atoms with Gasteiger partial charge in [-0.25, -0.2) is 0 Å². The number of amides is 2. The van der Waals surface area contributed by atoms with E-state index in [2.05, 4.69) is 10.6 Å². The first kappa shape index (κ1) is 15.8. The molecule has 0 heterocycles. The van der Waals surface area contributed by atoms with Gasteiger partial charge < -0.3 is 20.8 Å². The largest absolute Gasteiger partial charge is 0.507 e. The van der Waals surface area contributed by atoms with Gasteiger partial charge in [-0.1, -0.05) is 31.2 Å². The van der Waals surface area contributed by atoms with Crippen LogP contribution in [0.25, 0.3) is 10.8 Å². The standard InChI is InChI=1S/C16H18N2O4/c1-2-10(9-19)17-15(21)16(22)18-13-7-3-6-12-11(13)5-4-8-14(12)20/h3-8,10,19-20H,2,9H2,1H3,(H,17,21)(H,18,22). The van der Waals surface area contributed by atoms with E-state index in [0.717, 1.165) is 0 Å². The second kappa shape index (κ2) is 6.91. The minimum Gasteiger partial charge on any atom is -0.507 e. The number of aliphatic hydroxyl groups is 1. The molecule has 0 aliphatic carbocycles. The van der Waals surface area contributed by atoms with Gasteiger partial charge in [-0.3, -0.25) is 9.59 Å². The van der Waals surface area contributed by atoms with Gasteiger partial charge in [-0.05, 0) is 18.6 Å². The molecule has 1 atom stereocenters. The Balaban J connectivity index is 2.19. The van der Waals surface area contributed by atoms with E-state index in [1.807, 2.05) is 0 Å². The lowest BCUT2D eigenvalue weighted by atomic mass is 10.1. The van der Waals surface area contributed by atoms with Crippen molar-refractivity contribution in [1.82, 2.24) is 5.32 Å². The molecule has 6 heteroatoms. The van der Waals surface area contributed by atoms with Crippen molar-refractivity contribution in [2.45, 2.75) is 19.4 Å². The van der Waals surface area contributed by atoms with Gasteiger partial charge in [0.05, 0.1) is 12.6 Å². The van der Waals surface area contributed by atoms with Crippen LogP contribution < -0.4 is 10.6 Å². The Hall–Kier alpha value is -2.60. The zero-order valence-electron chi connectivity index (χ0n) is 12.2. The number of anilines is 1. The molecule has 22 heavy (non-hydrogen) atoms. The maximum Gasteiger partial charge on any atom is 0.313 e. The smallest absolute Gasteiger partial charge is 0.313 e. The summed E-state index contributed by atoms with van der Waals surface area (Å²) in [7, 11) is 0. The number of benzene rings is 2. The minimum atomic E-state index is -0.817. The summed E-state index contributed by atoms with van der Waals surface area (Å²) in [6, 6.07) is 9.55. The van der Waals surface area contributed by atoms with E-state index in [1.54, 1.807) is 43.3 Å². The third kappa shape index (κ3) is 3.35. The van der Waals surface area contributed by atoms with Crippen LogP contribution in [0.1, 0.15) is 13.3 Å². The topological polar surface area (TPSA) is 98.7 Å². The number of carbonyl (C=O) groups excluding carboxylic acids is 2. The maximum absolute atomic E-state index is 11.9. The third-order valence-corrected chi connectivity index (χ3v) is 3.40. The summed E-state index contributed by atoms with van der Waals surface area (Å²) in [5.74, 6) is -1.52. The molecule has 0 saturated heterocycles. The van der Waals surface area contributed by atoms with Crippen molar-refractivity contribution in [2.24, 2.45) is 0 Å². The second-order valence-corrected chi connectivity index (χ2v) is 4.89. The van der Waals surface area contributed by atoms with E-state index in [0.29, 0.717) is 22.9 Å². The van der Waals surface area contributed by atoms with Crippen LogP contribution in [0.3, 0.4) is 0 Å². The zero-order chi connectivity index (χ0) is 16.1. The number of phenolic OH excluding ortho intramolecular Hbond substituents is 1. The van der Waals surface area contributed by atoms with Crippen molar-refractivity contribution in [3.8, 4) is 5.75 Å². The van der Waals surface area contributed by atoms with Crippen molar-refractivity contribution >= 4 is 28.3 Å². The van der Waals surface area contributed by atoms with Crippen LogP contribution in [0, 0.1) is 0 Å². The molecule has 0 aliphatic rings. The predicted octanol–water partition coefficient (Wildman–Crippen LogP) is 1.37. The molecule has 1 unspecified atom stereocenters. The van der Waals surface area contributed by atoms with Crippen LogP contribution in [-0.2, 0) is 9.59 Å². The molecule has 2 amide bonds. The molecule has 116 valence electrons. The number of nitrogens with one attached hydrogen (secondary N) is 2. The van der Waals surface area contributed by atoms with Crippen molar-refractivity contribution in [3.63, 3.8) is 0 Å². The molecule has 2 aromatic carbocycles. The van der Waals surface area contributed by atoms with Gasteiger partial charge in [-0.2, -0.15) is 0 Å². The fourth-order valence-corrected chi connectivity index (χ4v) is 2.11. The normalized spacial score (nSPS) is 11.9. The monoisotopic (exact) mass is 302 g/mol. The number of phenols is 1. The first-order valence-electron chi connectivity index (χ1n) is 7.00. The summed E-state index contributed by atoms with van der Waals surface area (Å²) < 4.78 is 0. The highest BCUT2D eigenvalue weighted by Gasteiger charge is 2.18. The zero-order valence-corrected chi connectivity index (χ0v) is 12.2. The molecular weight excluding hydrogens is 284 g/mol. The van der Waals surface area contributed by atoms with Crippen LogP contribution in [0.4, 0.5) is 5.69 Å². The van der Waals surface area contributed by atoms with Gasteiger partial charge in [0.15, 0.2) is 0 Å². The fraction of sp³-hybridized carbons (Fsp3) is 0.250. The highest BCUT2D eigenvalue weighted by molar-refractivity contribution is 6.40. The Morgan fingerprint density at radius 3 is 2.45 bits per heavy atom. The van der Waals surface area contributed by atoms with Gasteiger partial charge in [0.2, 0.25) is 0 Å². The molecule has 0 radical (unpaired) electrons. The Kier molecular flexibility index (Phi) is 4.95. The van der Waals surface area contributed by atoms with Crippen LogP contribution in [-0.4, -0.2) is 34.7 Å². The van der Waals surface area contributed by atoms with Crippen LogP contribution in [0.5, 0.6) is 5.75 Å². The number of carbonyl (C=O) groups is 2. The molecule has 0 fully saturated rings. The number of hydrogen-bond donors (Lipinski definition) is 4. The van der Waals surface area contributed by atoms with Crippen molar-refractivity contribution in [2.75, 3.05) is 11.9 Å². The number of hydrogen-bond acceptors (Lipinski definition) is 4. The lowest BCUT2D eigenvalue weighted by Gasteiger charge is -2.14. The summed E-state index contributed by atoms with van der Waals surface area (Å²) in [5.41, 5.74) is 0.436. The lowest BCUT2D eigenvalue weighted by molar-refractivity contribution is -0.136. The molecule has 6 nitrogen and oxygen atoms in total. The molecule has 0 bridgehead atoms. The third-order valence-electron chi connectivity index (χ3n) is 3.40. The quantitative estimate of drug-likeness (QED) is 0.641. The molecule has 0 saturated carbocycles. The summed E-state index contributed by atoms with van der Waals surface area (Å²) in [5, 5.41) is 25.0. The van der Waals surface area contributed by atoms with Gasteiger partial charge in [0.25, 0.3) is 0 Å². The van der Waals surface area contributed by atoms with E-state index in [9.17, 15) is 14.7 Å². The lowest BCUT2D eigenvalue weighted by Crippen LogP contribution is -2.43. The van der Waals surface area contributed by atoms with Crippen LogP contribution in [0.15, 0.2) is 36.4 Å². The van der Waals surface area contributed by atoms with E-state index >= 15 is 0 Å². The average Bonchev–Trinajstić information content (AvgIpc) is 2.53. The molecule has 0 aliphatic heterocycles. The Bertz CT molecular complexity index is 696. The molecule has 2 aromatic rings. The Morgan fingerprint density at radius 2 is 1.77 bits per heavy atom. The summed E-state index contributed by atoms with van der Waals surface area (Å²) in [4.78, 5) is 23.7. The highest BCUT2D eigenvalue weighted by Crippen LogP contribution is 2.29. The van der Waals surface area contributed by atoms with Crippen LogP contribution >= 0.6 is 0 Å². The predicted molar refractivity (Wildman–Crippen MR) is 83.6 cm³/mol. The maximum atomic E-state index is 11.9. The average molecular weight is 302 g/mol. The summed E-state index contributed by atoms with van der Waals surface area (Å²) >= 11 is 0. The van der Waals surface area contributed by atoms with Crippen molar-refractivity contribution in [3.05, 3.63) is 36.4 Å². The SMILES string of the molecule is CCC(CO)NC(=O)C(=O)Nc1cccc2c(O)cccc12. The second-order valence-electron chi connectivity index (χ2n) is 4.89. The number of aliphatic hydroxyl groups excluding tert-OH is 1. The van der Waals surface area contributed by atoms with E-state index < -0.39 is 17.9 Å². The first-order valence-corrected chi connectivity index (χ1v) is 7.00. The number of aromatic hydroxyl groups is 1. The Morgan fingerprint density at radius 1 is 1.09 bits per heavy atom.